The van der Waals surface area contributed by atoms with Crippen LogP contribution in [0.5, 0.6) is 0 Å². The van der Waals surface area contributed by atoms with Gasteiger partial charge in [-0.15, -0.1) is 15.3 Å². The van der Waals surface area contributed by atoms with Gasteiger partial charge >= 0.3 is 0 Å². The van der Waals surface area contributed by atoms with Crippen molar-refractivity contribution in [3.8, 4) is 0 Å². The van der Waals surface area contributed by atoms with E-state index >= 15 is 0 Å². The van der Waals surface area contributed by atoms with E-state index in [0.717, 1.165) is 6.42 Å². The van der Waals surface area contributed by atoms with E-state index in [9.17, 15) is 0 Å². The Bertz CT molecular complexity index is 438. The summed E-state index contributed by atoms with van der Waals surface area (Å²) in [5.74, 6) is 2.06. The number of anilines is 1. The Kier molecular flexibility index (Phi) is 2.86. The molecule has 8 heteroatoms. The molecule has 0 radical (unpaired) electrons. The van der Waals surface area contributed by atoms with E-state index in [2.05, 4.69) is 25.4 Å². The molecule has 0 aromatic carbocycles. The molecule has 0 amide bonds. The molecule has 0 aliphatic rings. The van der Waals surface area contributed by atoms with Crippen LogP contribution in [-0.4, -0.2) is 25.4 Å². The molecule has 0 aliphatic carbocycles. The second-order valence-electron chi connectivity index (χ2n) is 2.73. The number of nitrogen functional groups attached to an aromatic ring is 1. The van der Waals surface area contributed by atoms with Crippen molar-refractivity contribution < 1.29 is 4.42 Å². The topological polar surface area (TPSA) is 107 Å². The lowest BCUT2D eigenvalue weighted by atomic mass is 10.5. The minimum absolute atomic E-state index is 0.303. The molecule has 3 N–H and O–H groups in total. The average Bonchev–Trinajstić information content (AvgIpc) is 2.83. The zero-order valence-corrected chi connectivity index (χ0v) is 8.91. The van der Waals surface area contributed by atoms with Gasteiger partial charge in [-0.3, -0.25) is 0 Å². The van der Waals surface area contributed by atoms with Crippen LogP contribution < -0.4 is 5.73 Å². The summed E-state index contributed by atoms with van der Waals surface area (Å²) < 4.78 is 5.32. The summed E-state index contributed by atoms with van der Waals surface area (Å²) in [6, 6.07) is 0. The van der Waals surface area contributed by atoms with Crippen molar-refractivity contribution in [2.75, 3.05) is 5.73 Å². The van der Waals surface area contributed by atoms with Gasteiger partial charge in [-0.2, -0.15) is 4.98 Å². The maximum absolute atomic E-state index is 5.38. The van der Waals surface area contributed by atoms with Crippen molar-refractivity contribution in [3.05, 3.63) is 11.8 Å². The molecule has 0 aliphatic heterocycles. The second-order valence-corrected chi connectivity index (χ2v) is 3.68. The SMILES string of the molecule is CCc1nnc(CSc2n[nH]c(N)n2)o1. The first-order valence-electron chi connectivity index (χ1n) is 4.40. The molecule has 0 bridgehead atoms. The van der Waals surface area contributed by atoms with Gasteiger partial charge in [-0.1, -0.05) is 18.7 Å². The number of aromatic amines is 1. The molecule has 0 saturated carbocycles. The molecule has 0 atom stereocenters. The van der Waals surface area contributed by atoms with Crippen LogP contribution in [-0.2, 0) is 12.2 Å². The molecule has 2 aromatic rings. The van der Waals surface area contributed by atoms with E-state index in [1.54, 1.807) is 0 Å². The average molecular weight is 226 g/mol. The number of aromatic nitrogens is 5. The van der Waals surface area contributed by atoms with Gasteiger partial charge in [0.15, 0.2) is 0 Å². The van der Waals surface area contributed by atoms with Gasteiger partial charge < -0.3 is 10.2 Å². The lowest BCUT2D eigenvalue weighted by Crippen LogP contribution is -1.85. The fourth-order valence-corrected chi connectivity index (χ4v) is 1.58. The van der Waals surface area contributed by atoms with Gasteiger partial charge in [0.2, 0.25) is 22.9 Å². The summed E-state index contributed by atoms with van der Waals surface area (Å²) in [4.78, 5) is 3.94. The third-order valence-corrected chi connectivity index (χ3v) is 2.45. The van der Waals surface area contributed by atoms with Crippen LogP contribution in [0.15, 0.2) is 9.57 Å². The van der Waals surface area contributed by atoms with Crippen LogP contribution in [0.1, 0.15) is 18.7 Å². The standard InChI is InChI=1S/C7H10N6OS/c1-2-4-10-11-5(14-4)3-15-7-9-6(8)12-13-7/h2-3H2,1H3,(H3,8,9,12,13). The molecular formula is C7H10N6OS. The van der Waals surface area contributed by atoms with Crippen LogP contribution in [0.3, 0.4) is 0 Å². The van der Waals surface area contributed by atoms with Crippen LogP contribution in [0.4, 0.5) is 5.95 Å². The summed E-state index contributed by atoms with van der Waals surface area (Å²) in [5, 5.41) is 14.7. The monoisotopic (exact) mass is 226 g/mol. The largest absolute Gasteiger partial charge is 0.424 e. The third kappa shape index (κ3) is 2.46. The second kappa shape index (κ2) is 4.30. The fraction of sp³-hybridized carbons (Fsp3) is 0.429. The lowest BCUT2D eigenvalue weighted by Gasteiger charge is -1.89. The van der Waals surface area contributed by atoms with E-state index in [-0.39, 0.29) is 0 Å². The molecule has 0 spiro atoms. The molecule has 2 heterocycles. The predicted octanol–water partition coefficient (Wildman–Crippen LogP) is 0.625. The minimum atomic E-state index is 0.303. The summed E-state index contributed by atoms with van der Waals surface area (Å²) in [6.45, 7) is 1.96. The van der Waals surface area contributed by atoms with Crippen LogP contribution in [0.2, 0.25) is 0 Å². The van der Waals surface area contributed by atoms with Gasteiger partial charge in [0.25, 0.3) is 0 Å². The first-order chi connectivity index (χ1) is 7.28. The van der Waals surface area contributed by atoms with Gasteiger partial charge in [-0.05, 0) is 0 Å². The minimum Gasteiger partial charge on any atom is -0.424 e. The molecule has 15 heavy (non-hydrogen) atoms. The Balaban J connectivity index is 1.93. The van der Waals surface area contributed by atoms with Crippen LogP contribution in [0.25, 0.3) is 0 Å². The Hall–Kier alpha value is -1.57. The summed E-state index contributed by atoms with van der Waals surface area (Å²) in [6.07, 6.45) is 0.741. The number of H-pyrrole nitrogens is 1. The quantitative estimate of drug-likeness (QED) is 0.736. The van der Waals surface area contributed by atoms with Gasteiger partial charge in [0, 0.05) is 6.42 Å². The highest BCUT2D eigenvalue weighted by Crippen LogP contribution is 2.18. The first kappa shape index (κ1) is 9.97. The maximum Gasteiger partial charge on any atom is 0.226 e. The maximum atomic E-state index is 5.38. The molecule has 0 unspecified atom stereocenters. The zero-order valence-electron chi connectivity index (χ0n) is 8.10. The van der Waals surface area contributed by atoms with Crippen molar-refractivity contribution in [1.29, 1.82) is 0 Å². The molecule has 0 saturated heterocycles. The highest BCUT2D eigenvalue weighted by Gasteiger charge is 2.07. The summed E-state index contributed by atoms with van der Waals surface area (Å²) >= 11 is 1.39. The third-order valence-electron chi connectivity index (χ3n) is 1.62. The van der Waals surface area contributed by atoms with Gasteiger partial charge in [-0.25, -0.2) is 5.10 Å². The molecule has 0 fully saturated rings. The van der Waals surface area contributed by atoms with Gasteiger partial charge in [0.1, 0.15) is 0 Å². The summed E-state index contributed by atoms with van der Waals surface area (Å²) in [5.41, 5.74) is 5.38. The molecule has 2 aromatic heterocycles. The predicted molar refractivity (Wildman–Crippen MR) is 54.0 cm³/mol. The Labute approximate surface area is 89.9 Å². The van der Waals surface area contributed by atoms with Crippen molar-refractivity contribution in [2.24, 2.45) is 0 Å². The van der Waals surface area contributed by atoms with Gasteiger partial charge in [0.05, 0.1) is 5.75 Å². The Morgan fingerprint density at radius 3 is 2.80 bits per heavy atom. The van der Waals surface area contributed by atoms with Crippen molar-refractivity contribution in [2.45, 2.75) is 24.3 Å². The number of nitrogens with one attached hydrogen (secondary N) is 1. The number of thioether (sulfide) groups is 1. The molecular weight excluding hydrogens is 216 g/mol. The van der Waals surface area contributed by atoms with Crippen LogP contribution >= 0.6 is 11.8 Å². The normalized spacial score (nSPS) is 10.7. The van der Waals surface area contributed by atoms with Crippen molar-refractivity contribution in [1.82, 2.24) is 25.4 Å². The number of aryl methyl sites for hydroxylation is 1. The first-order valence-corrected chi connectivity index (χ1v) is 5.38. The number of rotatable bonds is 4. The molecule has 80 valence electrons. The highest BCUT2D eigenvalue weighted by molar-refractivity contribution is 7.98. The lowest BCUT2D eigenvalue weighted by molar-refractivity contribution is 0.470. The number of nitrogens with zero attached hydrogens (tertiary/aromatic N) is 4. The Morgan fingerprint density at radius 2 is 2.20 bits per heavy atom. The molecule has 7 nitrogen and oxygen atoms in total. The van der Waals surface area contributed by atoms with Crippen molar-refractivity contribution >= 4 is 17.7 Å². The zero-order chi connectivity index (χ0) is 10.7. The van der Waals surface area contributed by atoms with E-state index in [4.69, 9.17) is 10.2 Å². The summed E-state index contributed by atoms with van der Waals surface area (Å²) in [7, 11) is 0. The van der Waals surface area contributed by atoms with E-state index in [1.165, 1.54) is 11.8 Å². The Morgan fingerprint density at radius 1 is 1.40 bits per heavy atom. The van der Waals surface area contributed by atoms with E-state index in [0.29, 0.717) is 28.6 Å². The number of hydrogen-bond acceptors (Lipinski definition) is 7. The van der Waals surface area contributed by atoms with E-state index in [1.807, 2.05) is 6.92 Å². The van der Waals surface area contributed by atoms with Crippen LogP contribution in [0, 0.1) is 0 Å². The molecule has 2 rings (SSSR count). The van der Waals surface area contributed by atoms with Crippen molar-refractivity contribution in [3.63, 3.8) is 0 Å². The fourth-order valence-electron chi connectivity index (χ4n) is 0.939. The number of nitrogens with two attached hydrogens (primary N) is 1. The highest BCUT2D eigenvalue weighted by atomic mass is 32.2. The van der Waals surface area contributed by atoms with E-state index < -0.39 is 0 Å². The number of hydrogen-bond donors (Lipinski definition) is 2. The smallest absolute Gasteiger partial charge is 0.226 e.